The lowest BCUT2D eigenvalue weighted by atomic mass is 10.2. The molecule has 162 valence electrons. The summed E-state index contributed by atoms with van der Waals surface area (Å²) in [7, 11) is 1.61. The summed E-state index contributed by atoms with van der Waals surface area (Å²) in [6.07, 6.45) is 3.80. The van der Waals surface area contributed by atoms with Crippen molar-refractivity contribution in [1.82, 2.24) is 24.8 Å². The Hall–Kier alpha value is -4.07. The first-order chi connectivity index (χ1) is 15.6. The highest BCUT2D eigenvalue weighted by Gasteiger charge is 2.14. The van der Waals surface area contributed by atoms with Crippen LogP contribution in [0.15, 0.2) is 71.8 Å². The van der Waals surface area contributed by atoms with Crippen LogP contribution in [0, 0.1) is 0 Å². The first-order valence-electron chi connectivity index (χ1n) is 10.3. The summed E-state index contributed by atoms with van der Waals surface area (Å²) in [5, 5.41) is 3.31. The minimum absolute atomic E-state index is 0.137. The van der Waals surface area contributed by atoms with E-state index >= 15 is 0 Å². The molecule has 1 N–H and O–H groups in total. The molecule has 4 aromatic rings. The topological polar surface area (TPSA) is 99.0 Å². The Balaban J connectivity index is 1.55. The van der Waals surface area contributed by atoms with Gasteiger partial charge in [0.05, 0.1) is 31.3 Å². The van der Waals surface area contributed by atoms with Crippen LogP contribution in [-0.4, -0.2) is 32.5 Å². The summed E-state index contributed by atoms with van der Waals surface area (Å²) in [4.78, 5) is 38.6. The molecule has 0 aliphatic carbocycles. The van der Waals surface area contributed by atoms with Crippen molar-refractivity contribution in [2.24, 2.45) is 0 Å². The molecule has 0 radical (unpaired) electrons. The molecule has 0 saturated carbocycles. The fourth-order valence-corrected chi connectivity index (χ4v) is 3.37. The van der Waals surface area contributed by atoms with E-state index in [1.807, 2.05) is 42.5 Å². The van der Waals surface area contributed by atoms with Crippen LogP contribution in [0.25, 0.3) is 11.0 Å². The van der Waals surface area contributed by atoms with Crippen LogP contribution in [0.3, 0.4) is 0 Å². The molecule has 0 bridgehead atoms. The van der Waals surface area contributed by atoms with E-state index in [1.54, 1.807) is 36.2 Å². The Morgan fingerprint density at radius 3 is 2.59 bits per heavy atom. The van der Waals surface area contributed by atoms with Crippen molar-refractivity contribution in [3.8, 4) is 5.75 Å². The van der Waals surface area contributed by atoms with E-state index in [9.17, 15) is 9.59 Å². The van der Waals surface area contributed by atoms with Crippen LogP contribution in [0.5, 0.6) is 5.75 Å². The second kappa shape index (κ2) is 9.82. The lowest BCUT2D eigenvalue weighted by Gasteiger charge is -2.14. The van der Waals surface area contributed by atoms with Gasteiger partial charge in [-0.1, -0.05) is 18.2 Å². The second-order valence-corrected chi connectivity index (χ2v) is 7.24. The summed E-state index contributed by atoms with van der Waals surface area (Å²) in [6.45, 7) is 0.691. The van der Waals surface area contributed by atoms with Gasteiger partial charge in [-0.05, 0) is 42.0 Å². The summed E-state index contributed by atoms with van der Waals surface area (Å²) in [5.74, 6) is 1.12. The zero-order chi connectivity index (χ0) is 22.3. The Bertz CT molecular complexity index is 1270. The molecule has 0 aliphatic rings. The van der Waals surface area contributed by atoms with E-state index in [0.717, 1.165) is 17.0 Å². The number of nitrogens with one attached hydrogen (secondary N) is 1. The zero-order valence-corrected chi connectivity index (χ0v) is 17.7. The van der Waals surface area contributed by atoms with Gasteiger partial charge in [0.2, 0.25) is 5.91 Å². The van der Waals surface area contributed by atoms with Gasteiger partial charge in [0.15, 0.2) is 5.65 Å². The molecule has 0 fully saturated rings. The number of rotatable bonds is 8. The number of benzene rings is 1. The monoisotopic (exact) mass is 429 g/mol. The standard InChI is InChI=1S/C24H23N5O3/c1-32-19-9-7-17(8-10-19)16-29-21(28-23-20(24(29)31)6-4-14-26-23)11-12-22(30)27-15-18-5-2-3-13-25-18/h2-10,13-14H,11-12,15-16H2,1H3,(H,27,30). The van der Waals surface area contributed by atoms with Crippen molar-refractivity contribution < 1.29 is 9.53 Å². The molecular formula is C24H23N5O3. The summed E-state index contributed by atoms with van der Waals surface area (Å²) >= 11 is 0. The first kappa shape index (κ1) is 21.2. The fourth-order valence-electron chi connectivity index (χ4n) is 3.37. The molecule has 4 rings (SSSR count). The summed E-state index contributed by atoms with van der Waals surface area (Å²) in [6, 6.07) is 16.5. The Morgan fingerprint density at radius 1 is 1.03 bits per heavy atom. The van der Waals surface area contributed by atoms with Gasteiger partial charge in [-0.25, -0.2) is 9.97 Å². The Morgan fingerprint density at radius 2 is 1.84 bits per heavy atom. The number of hydrogen-bond donors (Lipinski definition) is 1. The third kappa shape index (κ3) is 4.97. The van der Waals surface area contributed by atoms with Gasteiger partial charge in [-0.3, -0.25) is 19.1 Å². The van der Waals surface area contributed by atoms with Gasteiger partial charge in [0, 0.05) is 25.2 Å². The second-order valence-electron chi connectivity index (χ2n) is 7.24. The van der Waals surface area contributed by atoms with E-state index < -0.39 is 0 Å². The van der Waals surface area contributed by atoms with Crippen LogP contribution in [0.4, 0.5) is 0 Å². The molecule has 0 atom stereocenters. The molecule has 3 heterocycles. The van der Waals surface area contributed by atoms with Gasteiger partial charge < -0.3 is 10.1 Å². The quantitative estimate of drug-likeness (QED) is 0.462. The van der Waals surface area contributed by atoms with Crippen molar-refractivity contribution in [3.05, 3.63) is 94.4 Å². The van der Waals surface area contributed by atoms with E-state index in [-0.39, 0.29) is 17.9 Å². The molecule has 32 heavy (non-hydrogen) atoms. The van der Waals surface area contributed by atoms with Gasteiger partial charge in [-0.15, -0.1) is 0 Å². The molecule has 8 nitrogen and oxygen atoms in total. The number of aryl methyl sites for hydroxylation is 1. The van der Waals surface area contributed by atoms with E-state index in [2.05, 4.69) is 20.3 Å². The largest absolute Gasteiger partial charge is 0.497 e. The Kier molecular flexibility index (Phi) is 6.50. The predicted molar refractivity (Wildman–Crippen MR) is 120 cm³/mol. The van der Waals surface area contributed by atoms with Crippen molar-refractivity contribution in [3.63, 3.8) is 0 Å². The number of nitrogens with zero attached hydrogens (tertiary/aromatic N) is 4. The van der Waals surface area contributed by atoms with Gasteiger partial charge >= 0.3 is 0 Å². The number of ether oxygens (including phenoxy) is 1. The number of pyridine rings is 2. The van der Waals surface area contributed by atoms with Crippen molar-refractivity contribution in [2.75, 3.05) is 7.11 Å². The number of aromatic nitrogens is 4. The lowest BCUT2D eigenvalue weighted by molar-refractivity contribution is -0.121. The number of hydrogen-bond acceptors (Lipinski definition) is 6. The van der Waals surface area contributed by atoms with Crippen LogP contribution in [0.1, 0.15) is 23.5 Å². The van der Waals surface area contributed by atoms with Gasteiger partial charge in [-0.2, -0.15) is 0 Å². The maximum absolute atomic E-state index is 13.2. The van der Waals surface area contributed by atoms with Gasteiger partial charge in [0.25, 0.3) is 5.56 Å². The third-order valence-corrected chi connectivity index (χ3v) is 5.08. The number of carbonyl (C=O) groups is 1. The number of carbonyl (C=O) groups excluding carboxylic acids is 1. The fraction of sp³-hybridized carbons (Fsp3) is 0.208. The van der Waals surface area contributed by atoms with Crippen molar-refractivity contribution in [2.45, 2.75) is 25.9 Å². The maximum Gasteiger partial charge on any atom is 0.263 e. The van der Waals surface area contributed by atoms with E-state index in [0.29, 0.717) is 36.4 Å². The molecular weight excluding hydrogens is 406 g/mol. The average molecular weight is 429 g/mol. The van der Waals surface area contributed by atoms with Crippen molar-refractivity contribution >= 4 is 16.9 Å². The smallest absolute Gasteiger partial charge is 0.263 e. The van der Waals surface area contributed by atoms with Crippen LogP contribution >= 0.6 is 0 Å². The molecule has 3 aromatic heterocycles. The maximum atomic E-state index is 13.2. The summed E-state index contributed by atoms with van der Waals surface area (Å²) in [5.41, 5.74) is 1.92. The molecule has 1 aromatic carbocycles. The highest BCUT2D eigenvalue weighted by Crippen LogP contribution is 2.14. The molecule has 0 spiro atoms. The third-order valence-electron chi connectivity index (χ3n) is 5.08. The van der Waals surface area contributed by atoms with Gasteiger partial charge in [0.1, 0.15) is 11.6 Å². The minimum atomic E-state index is -0.178. The average Bonchev–Trinajstić information content (AvgIpc) is 2.84. The summed E-state index contributed by atoms with van der Waals surface area (Å²) < 4.78 is 6.82. The zero-order valence-electron chi connectivity index (χ0n) is 17.7. The van der Waals surface area contributed by atoms with E-state index in [1.165, 1.54) is 0 Å². The van der Waals surface area contributed by atoms with Crippen LogP contribution in [0.2, 0.25) is 0 Å². The van der Waals surface area contributed by atoms with E-state index in [4.69, 9.17) is 4.74 Å². The number of amides is 1. The highest BCUT2D eigenvalue weighted by molar-refractivity contribution is 5.76. The molecule has 8 heteroatoms. The number of methoxy groups -OCH3 is 1. The molecule has 0 saturated heterocycles. The molecule has 0 aliphatic heterocycles. The normalized spacial score (nSPS) is 10.8. The van der Waals surface area contributed by atoms with Crippen LogP contribution < -0.4 is 15.6 Å². The molecule has 1 amide bonds. The van der Waals surface area contributed by atoms with Crippen LogP contribution in [-0.2, 0) is 24.3 Å². The van der Waals surface area contributed by atoms with Crippen molar-refractivity contribution in [1.29, 1.82) is 0 Å². The molecule has 0 unspecified atom stereocenters. The predicted octanol–water partition coefficient (Wildman–Crippen LogP) is 2.49. The number of fused-ring (bicyclic) bond motifs is 1. The first-order valence-corrected chi connectivity index (χ1v) is 10.3. The lowest BCUT2D eigenvalue weighted by Crippen LogP contribution is -2.28. The highest BCUT2D eigenvalue weighted by atomic mass is 16.5. The SMILES string of the molecule is COc1ccc(Cn2c(CCC(=O)NCc3ccccn3)nc3ncccc3c2=O)cc1. The minimum Gasteiger partial charge on any atom is -0.497 e. The Labute approximate surface area is 184 Å².